The van der Waals surface area contributed by atoms with E-state index in [0.717, 1.165) is 29.6 Å². The SMILES string of the molecule is CC(C)(N)CC(N)C(C)(C)C(=O)OCC(C)(CSc1ccc2cc(-c3cccnc3)oc2c1)C(F)(F)F. The molecule has 2 heterocycles. The lowest BCUT2D eigenvalue weighted by molar-refractivity contribution is -0.226. The zero-order chi connectivity index (χ0) is 27.6. The van der Waals surface area contributed by atoms with Crippen LogP contribution in [-0.2, 0) is 9.53 Å². The second-order valence-corrected chi connectivity index (χ2v) is 12.0. The summed E-state index contributed by atoms with van der Waals surface area (Å²) in [4.78, 5) is 17.5. The van der Waals surface area contributed by atoms with E-state index in [9.17, 15) is 18.0 Å². The van der Waals surface area contributed by atoms with Crippen LogP contribution in [0.3, 0.4) is 0 Å². The molecular formula is C27H34F3N3O3S. The van der Waals surface area contributed by atoms with Crippen LogP contribution < -0.4 is 11.5 Å². The summed E-state index contributed by atoms with van der Waals surface area (Å²) < 4.78 is 53.5. The Hall–Kier alpha value is -2.56. The highest BCUT2D eigenvalue weighted by atomic mass is 32.2. The Kier molecular flexibility index (Phi) is 8.36. The predicted molar refractivity (Wildman–Crippen MR) is 140 cm³/mol. The number of carbonyl (C=O) groups excluding carboxylic acids is 1. The number of rotatable bonds is 10. The van der Waals surface area contributed by atoms with Crippen LogP contribution in [0.5, 0.6) is 0 Å². The van der Waals surface area contributed by atoms with Crippen molar-refractivity contribution >= 4 is 28.7 Å². The fraction of sp³-hybridized carbons (Fsp3) is 0.481. The number of benzene rings is 1. The van der Waals surface area contributed by atoms with Crippen molar-refractivity contribution in [3.63, 3.8) is 0 Å². The van der Waals surface area contributed by atoms with E-state index in [1.165, 1.54) is 0 Å². The third-order valence-corrected chi connectivity index (χ3v) is 7.77. The summed E-state index contributed by atoms with van der Waals surface area (Å²) in [6, 6.07) is 10.1. The molecule has 0 saturated heterocycles. The Labute approximate surface area is 219 Å². The Balaban J connectivity index is 1.71. The van der Waals surface area contributed by atoms with Crippen LogP contribution in [0.25, 0.3) is 22.3 Å². The lowest BCUT2D eigenvalue weighted by Crippen LogP contribution is -2.51. The number of aromatic nitrogens is 1. The summed E-state index contributed by atoms with van der Waals surface area (Å²) in [5.41, 5.74) is 9.41. The van der Waals surface area contributed by atoms with Crippen molar-refractivity contribution in [1.82, 2.24) is 4.98 Å². The minimum Gasteiger partial charge on any atom is -0.464 e. The van der Waals surface area contributed by atoms with Gasteiger partial charge in [0, 0.05) is 45.6 Å². The van der Waals surface area contributed by atoms with Gasteiger partial charge in [0.1, 0.15) is 23.4 Å². The number of hydrogen-bond donors (Lipinski definition) is 2. The maximum Gasteiger partial charge on any atom is 0.398 e. The molecule has 2 unspecified atom stereocenters. The molecule has 0 spiro atoms. The monoisotopic (exact) mass is 537 g/mol. The number of halogens is 3. The summed E-state index contributed by atoms with van der Waals surface area (Å²) in [6.45, 7) is 6.89. The highest BCUT2D eigenvalue weighted by molar-refractivity contribution is 7.99. The zero-order valence-electron chi connectivity index (χ0n) is 21.7. The molecule has 10 heteroatoms. The highest BCUT2D eigenvalue weighted by Crippen LogP contribution is 2.43. The Morgan fingerprint density at radius 1 is 1.14 bits per heavy atom. The van der Waals surface area contributed by atoms with E-state index in [2.05, 4.69) is 4.98 Å². The van der Waals surface area contributed by atoms with Gasteiger partial charge in [0.05, 0.1) is 5.41 Å². The van der Waals surface area contributed by atoms with Crippen molar-refractivity contribution in [1.29, 1.82) is 0 Å². The quantitative estimate of drug-likeness (QED) is 0.235. The molecule has 0 amide bonds. The van der Waals surface area contributed by atoms with Gasteiger partial charge in [-0.25, -0.2) is 0 Å². The number of thioether (sulfide) groups is 1. The minimum absolute atomic E-state index is 0.305. The van der Waals surface area contributed by atoms with Crippen molar-refractivity contribution in [2.45, 2.75) is 63.7 Å². The second-order valence-electron chi connectivity index (χ2n) is 11.0. The van der Waals surface area contributed by atoms with Gasteiger partial charge in [-0.15, -0.1) is 11.8 Å². The number of ether oxygens (including phenoxy) is 1. The number of pyridine rings is 1. The van der Waals surface area contributed by atoms with Crippen LogP contribution in [0.4, 0.5) is 13.2 Å². The summed E-state index contributed by atoms with van der Waals surface area (Å²) >= 11 is 1.02. The van der Waals surface area contributed by atoms with Crippen molar-refractivity contribution in [3.8, 4) is 11.3 Å². The number of nitrogens with two attached hydrogens (primary N) is 2. The lowest BCUT2D eigenvalue weighted by atomic mass is 9.79. The molecule has 0 aliphatic rings. The van der Waals surface area contributed by atoms with Crippen molar-refractivity contribution in [3.05, 3.63) is 48.8 Å². The summed E-state index contributed by atoms with van der Waals surface area (Å²) in [5, 5.41) is 0.829. The molecule has 3 rings (SSSR count). The Bertz CT molecular complexity index is 1220. The van der Waals surface area contributed by atoms with Crippen molar-refractivity contribution < 1.29 is 27.1 Å². The van der Waals surface area contributed by atoms with Crippen LogP contribution >= 0.6 is 11.8 Å². The molecule has 202 valence electrons. The maximum absolute atomic E-state index is 14.1. The van der Waals surface area contributed by atoms with Crippen LogP contribution in [0.15, 0.2) is 58.1 Å². The number of nitrogens with zero attached hydrogens (tertiary/aromatic N) is 1. The first-order valence-electron chi connectivity index (χ1n) is 11.9. The van der Waals surface area contributed by atoms with Crippen LogP contribution in [0, 0.1) is 10.8 Å². The lowest BCUT2D eigenvalue weighted by Gasteiger charge is -2.36. The summed E-state index contributed by atoms with van der Waals surface area (Å²) in [7, 11) is 0. The molecule has 0 radical (unpaired) electrons. The summed E-state index contributed by atoms with van der Waals surface area (Å²) in [6.07, 6.45) is -0.964. The third-order valence-electron chi connectivity index (χ3n) is 6.40. The van der Waals surface area contributed by atoms with Crippen LogP contribution in [0.2, 0.25) is 0 Å². The Morgan fingerprint density at radius 2 is 1.84 bits per heavy atom. The fourth-order valence-electron chi connectivity index (χ4n) is 3.58. The first kappa shape index (κ1) is 29.0. The molecule has 3 aromatic rings. The van der Waals surface area contributed by atoms with E-state index in [1.807, 2.05) is 12.1 Å². The average molecular weight is 538 g/mol. The molecule has 0 fully saturated rings. The predicted octanol–water partition coefficient (Wildman–Crippen LogP) is 6.18. The number of hydrogen-bond acceptors (Lipinski definition) is 7. The highest BCUT2D eigenvalue weighted by Gasteiger charge is 2.52. The molecule has 6 nitrogen and oxygen atoms in total. The number of alkyl halides is 3. The standard InChI is InChI=1S/C27H34F3N3O3S/c1-24(2,32)13-22(31)25(3,4)23(34)35-15-26(5,27(28,29)30)16-37-19-9-8-17-11-20(36-21(17)12-19)18-7-6-10-33-14-18/h6-12,14,22H,13,15-16,31-32H2,1-5H3. The molecule has 0 saturated carbocycles. The molecule has 2 aromatic heterocycles. The van der Waals surface area contributed by atoms with Gasteiger partial charge in [-0.1, -0.05) is 0 Å². The van der Waals surface area contributed by atoms with Crippen molar-refractivity contribution in [2.24, 2.45) is 22.3 Å². The van der Waals surface area contributed by atoms with Crippen LogP contribution in [0.1, 0.15) is 41.0 Å². The van der Waals surface area contributed by atoms with Gasteiger partial charge in [0.25, 0.3) is 0 Å². The average Bonchev–Trinajstić information content (AvgIpc) is 3.23. The first-order chi connectivity index (χ1) is 17.0. The third kappa shape index (κ3) is 7.06. The molecule has 2 atom stereocenters. The maximum atomic E-state index is 14.1. The number of fused-ring (bicyclic) bond motifs is 1. The van der Waals surface area contributed by atoms with Gasteiger partial charge in [-0.3, -0.25) is 9.78 Å². The molecular weight excluding hydrogens is 503 g/mol. The molecule has 0 aliphatic heterocycles. The van der Waals surface area contributed by atoms with Gasteiger partial charge in [0.2, 0.25) is 0 Å². The van der Waals surface area contributed by atoms with Gasteiger partial charge >= 0.3 is 12.1 Å². The van der Waals surface area contributed by atoms with E-state index >= 15 is 0 Å². The molecule has 4 N–H and O–H groups in total. The number of carbonyl (C=O) groups is 1. The number of esters is 1. The minimum atomic E-state index is -4.60. The smallest absolute Gasteiger partial charge is 0.398 e. The normalized spacial score (nSPS) is 15.4. The van der Waals surface area contributed by atoms with Gasteiger partial charge < -0.3 is 20.6 Å². The Morgan fingerprint density at radius 3 is 2.43 bits per heavy atom. The van der Waals surface area contributed by atoms with Crippen LogP contribution in [-0.4, -0.2) is 41.1 Å². The van der Waals surface area contributed by atoms with Gasteiger partial charge in [-0.05, 0) is 77.4 Å². The molecule has 1 aromatic carbocycles. The topological polar surface area (TPSA) is 104 Å². The van der Waals surface area contributed by atoms with Gasteiger partial charge in [0.15, 0.2) is 0 Å². The summed E-state index contributed by atoms with van der Waals surface area (Å²) in [5.74, 6) is -0.519. The van der Waals surface area contributed by atoms with E-state index in [4.69, 9.17) is 20.6 Å². The molecule has 0 aliphatic carbocycles. The first-order valence-corrected chi connectivity index (χ1v) is 12.9. The molecule has 37 heavy (non-hydrogen) atoms. The second kappa shape index (κ2) is 10.7. The largest absolute Gasteiger partial charge is 0.464 e. The van der Waals surface area contributed by atoms with E-state index in [-0.39, 0.29) is 5.75 Å². The van der Waals surface area contributed by atoms with E-state index in [0.29, 0.717) is 22.7 Å². The fourth-order valence-corrected chi connectivity index (χ4v) is 4.67. The molecule has 0 bridgehead atoms. The van der Waals surface area contributed by atoms with Crippen molar-refractivity contribution in [2.75, 3.05) is 12.4 Å². The van der Waals surface area contributed by atoms with Gasteiger partial charge in [-0.2, -0.15) is 13.2 Å². The van der Waals surface area contributed by atoms with E-state index in [1.54, 1.807) is 64.4 Å². The zero-order valence-corrected chi connectivity index (χ0v) is 22.5. The van der Waals surface area contributed by atoms with E-state index < -0.39 is 41.2 Å². The number of furan rings is 1.